The van der Waals surface area contributed by atoms with Crippen LogP contribution in [0, 0.1) is 17.0 Å². The fraction of sp³-hybridized carbons (Fsp3) is 0.667. The van der Waals surface area contributed by atoms with Crippen molar-refractivity contribution in [2.24, 2.45) is 0 Å². The number of likely N-dealkylation sites (N-methyl/N-ethyl adjacent to an activating group) is 1. The Kier molecular flexibility index (Phi) is 4.72. The maximum Gasteiger partial charge on any atom is 0.332 e. The van der Waals surface area contributed by atoms with Gasteiger partial charge >= 0.3 is 5.69 Å². The topological polar surface area (TPSA) is 81.4 Å². The molecular formula is C12H17ClN4O3. The monoisotopic (exact) mass is 300 g/mol. The van der Waals surface area contributed by atoms with Crippen LogP contribution in [0.15, 0.2) is 0 Å². The highest BCUT2D eigenvalue weighted by Gasteiger charge is 2.28. The van der Waals surface area contributed by atoms with E-state index in [1.54, 1.807) is 6.92 Å². The highest BCUT2D eigenvalue weighted by molar-refractivity contribution is 6.28. The van der Waals surface area contributed by atoms with Crippen molar-refractivity contribution < 1.29 is 9.66 Å². The van der Waals surface area contributed by atoms with Crippen molar-refractivity contribution in [1.29, 1.82) is 0 Å². The van der Waals surface area contributed by atoms with Gasteiger partial charge in [0.25, 0.3) is 0 Å². The molecule has 110 valence electrons. The Bertz CT molecular complexity index is 506. The van der Waals surface area contributed by atoms with Crippen LogP contribution in [0.2, 0.25) is 5.28 Å². The molecule has 2 rings (SSSR count). The Hall–Kier alpha value is -1.47. The molecule has 1 fully saturated rings. The van der Waals surface area contributed by atoms with Crippen molar-refractivity contribution in [3.8, 4) is 0 Å². The Morgan fingerprint density at radius 2 is 2.30 bits per heavy atom. The maximum absolute atomic E-state index is 11.2. The fourth-order valence-corrected chi connectivity index (χ4v) is 2.56. The molecule has 1 unspecified atom stereocenters. The third-order valence-corrected chi connectivity index (χ3v) is 3.49. The number of aryl methyl sites for hydroxylation is 1. The molecule has 0 aliphatic carbocycles. The maximum atomic E-state index is 11.2. The first-order valence-corrected chi connectivity index (χ1v) is 6.95. The molecule has 8 heteroatoms. The smallest absolute Gasteiger partial charge is 0.332 e. The standard InChI is InChI=1S/C12H17ClN4O3/c1-3-16(7-9-5-4-6-20-9)11-10(17(18)19)8(2)14-12(13)15-11/h9H,3-7H2,1-2H3. The summed E-state index contributed by atoms with van der Waals surface area (Å²) in [6, 6.07) is 0. The minimum Gasteiger partial charge on any atom is -0.376 e. The Morgan fingerprint density at radius 1 is 1.55 bits per heavy atom. The Balaban J connectivity index is 2.34. The molecule has 1 aliphatic heterocycles. The first kappa shape index (κ1) is 14.9. The van der Waals surface area contributed by atoms with Gasteiger partial charge in [-0.3, -0.25) is 10.1 Å². The molecule has 20 heavy (non-hydrogen) atoms. The van der Waals surface area contributed by atoms with Gasteiger partial charge in [0.15, 0.2) is 0 Å². The number of hydrogen-bond acceptors (Lipinski definition) is 6. The summed E-state index contributed by atoms with van der Waals surface area (Å²) in [7, 11) is 0. The molecule has 0 saturated carbocycles. The molecule has 1 aromatic heterocycles. The first-order valence-electron chi connectivity index (χ1n) is 6.58. The number of hydrogen-bond donors (Lipinski definition) is 0. The fourth-order valence-electron chi connectivity index (χ4n) is 2.35. The number of aromatic nitrogens is 2. The van der Waals surface area contributed by atoms with Crippen LogP contribution in [0.25, 0.3) is 0 Å². The SMILES string of the molecule is CCN(CC1CCCO1)c1nc(Cl)nc(C)c1[N+](=O)[O-]. The van der Waals surface area contributed by atoms with Crippen LogP contribution in [0.5, 0.6) is 0 Å². The molecule has 1 aliphatic rings. The van der Waals surface area contributed by atoms with Crippen molar-refractivity contribution in [1.82, 2.24) is 9.97 Å². The number of ether oxygens (including phenoxy) is 1. The second kappa shape index (κ2) is 6.32. The summed E-state index contributed by atoms with van der Waals surface area (Å²) in [6.45, 7) is 5.39. The van der Waals surface area contributed by atoms with Gasteiger partial charge in [-0.1, -0.05) is 0 Å². The Labute approximate surface area is 122 Å². The molecular weight excluding hydrogens is 284 g/mol. The number of rotatable bonds is 5. The average Bonchev–Trinajstić information content (AvgIpc) is 2.87. The zero-order valence-corrected chi connectivity index (χ0v) is 12.3. The highest BCUT2D eigenvalue weighted by Crippen LogP contribution is 2.30. The minimum absolute atomic E-state index is 0.0221. The molecule has 0 spiro atoms. The van der Waals surface area contributed by atoms with Crippen LogP contribution in [0.4, 0.5) is 11.5 Å². The van der Waals surface area contributed by atoms with Gasteiger partial charge in [-0.2, -0.15) is 4.98 Å². The third kappa shape index (κ3) is 3.16. The van der Waals surface area contributed by atoms with E-state index in [0.29, 0.717) is 13.1 Å². The van der Waals surface area contributed by atoms with E-state index in [-0.39, 0.29) is 28.6 Å². The van der Waals surface area contributed by atoms with Crippen LogP contribution < -0.4 is 4.90 Å². The molecule has 1 saturated heterocycles. The van der Waals surface area contributed by atoms with Crippen LogP contribution in [-0.4, -0.2) is 40.7 Å². The van der Waals surface area contributed by atoms with Gasteiger partial charge in [0.1, 0.15) is 5.69 Å². The second-order valence-electron chi connectivity index (χ2n) is 4.68. The predicted molar refractivity (Wildman–Crippen MR) is 75.3 cm³/mol. The lowest BCUT2D eigenvalue weighted by atomic mass is 10.2. The Morgan fingerprint density at radius 3 is 2.85 bits per heavy atom. The zero-order chi connectivity index (χ0) is 14.7. The van der Waals surface area contributed by atoms with E-state index < -0.39 is 4.92 Å². The number of anilines is 1. The van der Waals surface area contributed by atoms with E-state index in [2.05, 4.69) is 9.97 Å². The summed E-state index contributed by atoms with van der Waals surface area (Å²) in [6.07, 6.45) is 2.07. The number of nitro groups is 1. The zero-order valence-electron chi connectivity index (χ0n) is 11.5. The summed E-state index contributed by atoms with van der Waals surface area (Å²) < 4.78 is 5.58. The van der Waals surface area contributed by atoms with Crippen molar-refractivity contribution in [2.75, 3.05) is 24.6 Å². The third-order valence-electron chi connectivity index (χ3n) is 3.32. The van der Waals surface area contributed by atoms with E-state index in [9.17, 15) is 10.1 Å². The molecule has 0 bridgehead atoms. The van der Waals surface area contributed by atoms with Crippen molar-refractivity contribution in [3.63, 3.8) is 0 Å². The summed E-state index contributed by atoms with van der Waals surface area (Å²) in [5.74, 6) is 0.269. The van der Waals surface area contributed by atoms with Crippen molar-refractivity contribution >= 4 is 23.1 Å². The second-order valence-corrected chi connectivity index (χ2v) is 5.02. The van der Waals surface area contributed by atoms with Crippen LogP contribution in [0.1, 0.15) is 25.5 Å². The molecule has 1 aromatic rings. The summed E-state index contributed by atoms with van der Waals surface area (Å²) in [5, 5.41) is 11.3. The lowest BCUT2D eigenvalue weighted by Crippen LogP contribution is -2.33. The van der Waals surface area contributed by atoms with Crippen molar-refractivity contribution in [3.05, 3.63) is 21.1 Å². The van der Waals surface area contributed by atoms with E-state index in [1.165, 1.54) is 0 Å². The van der Waals surface area contributed by atoms with E-state index in [0.717, 1.165) is 19.4 Å². The van der Waals surface area contributed by atoms with Crippen LogP contribution >= 0.6 is 11.6 Å². The van der Waals surface area contributed by atoms with E-state index in [1.807, 2.05) is 11.8 Å². The molecule has 0 N–H and O–H groups in total. The van der Waals surface area contributed by atoms with Gasteiger partial charge in [0.2, 0.25) is 11.1 Å². The lowest BCUT2D eigenvalue weighted by molar-refractivity contribution is -0.385. The normalized spacial score (nSPS) is 18.2. The van der Waals surface area contributed by atoms with Gasteiger partial charge < -0.3 is 9.64 Å². The molecule has 7 nitrogen and oxygen atoms in total. The van der Waals surface area contributed by atoms with Gasteiger partial charge in [0, 0.05) is 19.7 Å². The summed E-state index contributed by atoms with van der Waals surface area (Å²) in [5.41, 5.74) is 0.185. The van der Waals surface area contributed by atoms with Crippen molar-refractivity contribution in [2.45, 2.75) is 32.8 Å². The molecule has 0 aromatic carbocycles. The number of nitrogens with zero attached hydrogens (tertiary/aromatic N) is 4. The summed E-state index contributed by atoms with van der Waals surface area (Å²) in [4.78, 5) is 20.5. The van der Waals surface area contributed by atoms with Crippen LogP contribution in [0.3, 0.4) is 0 Å². The van der Waals surface area contributed by atoms with Gasteiger partial charge in [-0.25, -0.2) is 4.98 Å². The summed E-state index contributed by atoms with van der Waals surface area (Å²) >= 11 is 5.84. The van der Waals surface area contributed by atoms with E-state index in [4.69, 9.17) is 16.3 Å². The molecule has 1 atom stereocenters. The largest absolute Gasteiger partial charge is 0.376 e. The number of halogens is 1. The predicted octanol–water partition coefficient (Wildman–Crippen LogP) is 2.35. The minimum atomic E-state index is -0.459. The van der Waals surface area contributed by atoms with Gasteiger partial charge in [-0.15, -0.1) is 0 Å². The first-order chi connectivity index (χ1) is 9.52. The lowest BCUT2D eigenvalue weighted by Gasteiger charge is -2.24. The molecule has 0 amide bonds. The molecule has 0 radical (unpaired) electrons. The average molecular weight is 301 g/mol. The van der Waals surface area contributed by atoms with Crippen LogP contribution in [-0.2, 0) is 4.74 Å². The highest BCUT2D eigenvalue weighted by atomic mass is 35.5. The molecule has 2 heterocycles. The quantitative estimate of drug-likeness (QED) is 0.471. The van der Waals surface area contributed by atoms with Gasteiger partial charge in [0.05, 0.1) is 11.0 Å². The van der Waals surface area contributed by atoms with E-state index >= 15 is 0 Å². The van der Waals surface area contributed by atoms with Gasteiger partial charge in [-0.05, 0) is 38.3 Å².